The van der Waals surface area contributed by atoms with Crippen LogP contribution in [0.25, 0.3) is 0 Å². The predicted molar refractivity (Wildman–Crippen MR) is 81.9 cm³/mol. The monoisotopic (exact) mass is 278 g/mol. The molecule has 4 heteroatoms. The molecule has 0 aliphatic carbocycles. The van der Waals surface area contributed by atoms with Gasteiger partial charge >= 0.3 is 0 Å². The van der Waals surface area contributed by atoms with Crippen LogP contribution in [0, 0.1) is 0 Å². The minimum absolute atomic E-state index is 0.0105. The zero-order valence-corrected chi connectivity index (χ0v) is 12.6. The van der Waals surface area contributed by atoms with E-state index >= 15 is 0 Å². The third-order valence-electron chi connectivity index (χ3n) is 2.94. The Hall–Kier alpha value is -1.55. The van der Waals surface area contributed by atoms with Gasteiger partial charge in [-0.1, -0.05) is 31.9 Å². The highest BCUT2D eigenvalue weighted by Gasteiger charge is 1.96. The summed E-state index contributed by atoms with van der Waals surface area (Å²) in [5.74, 6) is 0.944. The number of ether oxygens (including phenoxy) is 1. The van der Waals surface area contributed by atoms with Crippen molar-refractivity contribution < 1.29 is 9.53 Å². The van der Waals surface area contributed by atoms with Gasteiger partial charge in [0.05, 0.1) is 6.61 Å². The van der Waals surface area contributed by atoms with Gasteiger partial charge in [0.2, 0.25) is 5.91 Å². The first kappa shape index (κ1) is 16.5. The van der Waals surface area contributed by atoms with Crippen molar-refractivity contribution in [3.63, 3.8) is 0 Å². The molecule has 0 spiro atoms. The van der Waals surface area contributed by atoms with Crippen LogP contribution in [0.1, 0.15) is 38.7 Å². The van der Waals surface area contributed by atoms with Gasteiger partial charge in [0.1, 0.15) is 5.75 Å². The molecule has 1 amide bonds. The van der Waals surface area contributed by atoms with E-state index in [0.29, 0.717) is 6.54 Å². The zero-order valence-electron chi connectivity index (χ0n) is 12.6. The summed E-state index contributed by atoms with van der Waals surface area (Å²) in [6.45, 7) is 6.74. The fraction of sp³-hybridized carbons (Fsp3) is 0.562. The Morgan fingerprint density at radius 2 is 1.90 bits per heavy atom. The highest BCUT2D eigenvalue weighted by molar-refractivity contribution is 5.72. The Kier molecular flexibility index (Phi) is 8.47. The summed E-state index contributed by atoms with van der Waals surface area (Å²) in [6, 6.07) is 8.16. The Morgan fingerprint density at radius 1 is 1.15 bits per heavy atom. The number of benzene rings is 1. The van der Waals surface area contributed by atoms with Gasteiger partial charge < -0.3 is 15.4 Å². The lowest BCUT2D eigenvalue weighted by molar-refractivity contribution is -0.118. The van der Waals surface area contributed by atoms with E-state index in [9.17, 15) is 4.79 Å². The number of carbonyl (C=O) groups excluding carboxylic acids is 1. The second-order valence-electron chi connectivity index (χ2n) is 4.86. The zero-order chi connectivity index (χ0) is 14.6. The summed E-state index contributed by atoms with van der Waals surface area (Å²) in [4.78, 5) is 10.7. The van der Waals surface area contributed by atoms with Gasteiger partial charge in [-0.2, -0.15) is 0 Å². The van der Waals surface area contributed by atoms with Gasteiger partial charge in [-0.15, -0.1) is 0 Å². The maximum atomic E-state index is 10.7. The second kappa shape index (κ2) is 10.3. The van der Waals surface area contributed by atoms with Gasteiger partial charge in [-0.25, -0.2) is 0 Å². The Bertz CT molecular complexity index is 377. The molecular formula is C16H26N2O2. The third kappa shape index (κ3) is 7.79. The average molecular weight is 278 g/mol. The van der Waals surface area contributed by atoms with Crippen molar-refractivity contribution in [3.8, 4) is 5.75 Å². The topological polar surface area (TPSA) is 50.4 Å². The highest BCUT2D eigenvalue weighted by Crippen LogP contribution is 2.12. The molecule has 4 nitrogen and oxygen atoms in total. The molecule has 0 unspecified atom stereocenters. The molecule has 0 aliphatic rings. The second-order valence-corrected chi connectivity index (χ2v) is 4.86. The summed E-state index contributed by atoms with van der Waals surface area (Å²) in [5, 5.41) is 6.03. The summed E-state index contributed by atoms with van der Waals surface area (Å²) >= 11 is 0. The third-order valence-corrected chi connectivity index (χ3v) is 2.94. The van der Waals surface area contributed by atoms with E-state index in [2.05, 4.69) is 29.7 Å². The molecule has 0 radical (unpaired) electrons. The molecule has 112 valence electrons. The van der Waals surface area contributed by atoms with Crippen LogP contribution in [0.15, 0.2) is 24.3 Å². The Balaban J connectivity index is 2.16. The number of nitrogens with one attached hydrogen (secondary N) is 2. The highest BCUT2D eigenvalue weighted by atomic mass is 16.5. The van der Waals surface area contributed by atoms with Gasteiger partial charge in [-0.3, -0.25) is 4.79 Å². The van der Waals surface area contributed by atoms with E-state index in [1.54, 1.807) is 0 Å². The molecule has 2 N–H and O–H groups in total. The maximum absolute atomic E-state index is 10.7. The van der Waals surface area contributed by atoms with Gasteiger partial charge in [0.25, 0.3) is 0 Å². The SMILES string of the molecule is CCCCCOc1ccc(CNCCNC(C)=O)cc1. The van der Waals surface area contributed by atoms with E-state index in [1.165, 1.54) is 25.3 Å². The summed E-state index contributed by atoms with van der Waals surface area (Å²) in [5.41, 5.74) is 1.22. The normalized spacial score (nSPS) is 10.3. The Labute approximate surface area is 121 Å². The van der Waals surface area contributed by atoms with Gasteiger partial charge in [-0.05, 0) is 24.1 Å². The lowest BCUT2D eigenvalue weighted by atomic mass is 10.2. The molecular weight excluding hydrogens is 252 g/mol. The maximum Gasteiger partial charge on any atom is 0.216 e. The molecule has 0 aromatic heterocycles. The van der Waals surface area contributed by atoms with Crippen molar-refractivity contribution in [2.45, 2.75) is 39.7 Å². The molecule has 1 rings (SSSR count). The summed E-state index contributed by atoms with van der Waals surface area (Å²) in [7, 11) is 0. The fourth-order valence-corrected chi connectivity index (χ4v) is 1.81. The molecule has 0 aliphatic heterocycles. The van der Waals surface area contributed by atoms with Crippen LogP contribution in [-0.2, 0) is 11.3 Å². The van der Waals surface area contributed by atoms with Crippen LogP contribution in [0.3, 0.4) is 0 Å². The van der Waals surface area contributed by atoms with Crippen LogP contribution >= 0.6 is 0 Å². The predicted octanol–water partition coefficient (Wildman–Crippen LogP) is 2.48. The minimum Gasteiger partial charge on any atom is -0.494 e. The van der Waals surface area contributed by atoms with E-state index < -0.39 is 0 Å². The van der Waals surface area contributed by atoms with Crippen LogP contribution in [0.5, 0.6) is 5.75 Å². The quantitative estimate of drug-likeness (QED) is 0.646. The summed E-state index contributed by atoms with van der Waals surface area (Å²) in [6.07, 6.45) is 3.55. The molecule has 1 aromatic rings. The smallest absolute Gasteiger partial charge is 0.216 e. The molecule has 0 bridgehead atoms. The number of carbonyl (C=O) groups is 1. The average Bonchev–Trinajstić information content (AvgIpc) is 2.44. The van der Waals surface area contributed by atoms with E-state index in [-0.39, 0.29) is 5.91 Å². The largest absolute Gasteiger partial charge is 0.494 e. The van der Waals surface area contributed by atoms with Crippen LogP contribution in [0.4, 0.5) is 0 Å². The van der Waals surface area contributed by atoms with E-state index in [4.69, 9.17) is 4.74 Å². The molecule has 0 heterocycles. The van der Waals surface area contributed by atoms with Crippen molar-refractivity contribution in [3.05, 3.63) is 29.8 Å². The molecule has 1 aromatic carbocycles. The lowest BCUT2D eigenvalue weighted by Gasteiger charge is -2.08. The minimum atomic E-state index is 0.0105. The number of hydrogen-bond acceptors (Lipinski definition) is 3. The van der Waals surface area contributed by atoms with Crippen LogP contribution in [-0.4, -0.2) is 25.6 Å². The number of rotatable bonds is 10. The summed E-state index contributed by atoms with van der Waals surface area (Å²) < 4.78 is 5.66. The first-order valence-electron chi connectivity index (χ1n) is 7.39. The molecule has 0 fully saturated rings. The van der Waals surface area contributed by atoms with Crippen molar-refractivity contribution in [2.75, 3.05) is 19.7 Å². The van der Waals surface area contributed by atoms with Crippen molar-refractivity contribution in [2.24, 2.45) is 0 Å². The van der Waals surface area contributed by atoms with Gasteiger partial charge in [0.15, 0.2) is 0 Å². The number of amides is 1. The standard InChI is InChI=1S/C16H26N2O2/c1-3-4-5-12-20-16-8-6-15(7-9-16)13-17-10-11-18-14(2)19/h6-9,17H,3-5,10-13H2,1-2H3,(H,18,19). The van der Waals surface area contributed by atoms with Crippen molar-refractivity contribution in [1.29, 1.82) is 0 Å². The Morgan fingerprint density at radius 3 is 2.55 bits per heavy atom. The van der Waals surface area contributed by atoms with Crippen molar-refractivity contribution >= 4 is 5.91 Å². The van der Waals surface area contributed by atoms with E-state index in [0.717, 1.165) is 31.9 Å². The lowest BCUT2D eigenvalue weighted by Crippen LogP contribution is -2.29. The van der Waals surface area contributed by atoms with Gasteiger partial charge in [0, 0.05) is 26.6 Å². The fourth-order valence-electron chi connectivity index (χ4n) is 1.81. The molecule has 0 atom stereocenters. The molecule has 20 heavy (non-hydrogen) atoms. The van der Waals surface area contributed by atoms with Crippen LogP contribution in [0.2, 0.25) is 0 Å². The number of unbranched alkanes of at least 4 members (excludes halogenated alkanes) is 2. The first-order chi connectivity index (χ1) is 9.72. The van der Waals surface area contributed by atoms with E-state index in [1.807, 2.05) is 12.1 Å². The first-order valence-corrected chi connectivity index (χ1v) is 7.39. The molecule has 0 saturated carbocycles. The van der Waals surface area contributed by atoms with Crippen molar-refractivity contribution in [1.82, 2.24) is 10.6 Å². The van der Waals surface area contributed by atoms with Crippen LogP contribution < -0.4 is 15.4 Å². The molecule has 0 saturated heterocycles. The number of hydrogen-bond donors (Lipinski definition) is 2.